The second kappa shape index (κ2) is 9.08. The number of nitro benzene ring substituents is 1. The van der Waals surface area contributed by atoms with Crippen molar-refractivity contribution in [3.63, 3.8) is 0 Å². The van der Waals surface area contributed by atoms with E-state index in [0.717, 1.165) is 6.08 Å². The zero-order chi connectivity index (χ0) is 21.7. The SMILES string of the molecule is COc1cc(/C=C/C(=O)OCC(=O)c2ccc(C)c([N+](=O)[O-])c2)cc2c1OCCO2. The Balaban J connectivity index is 1.63. The molecule has 0 saturated heterocycles. The maximum Gasteiger partial charge on any atom is 0.331 e. The molecule has 1 aliphatic heterocycles. The summed E-state index contributed by atoms with van der Waals surface area (Å²) in [5, 5.41) is 11.0. The molecule has 2 aromatic rings. The molecule has 1 aliphatic rings. The summed E-state index contributed by atoms with van der Waals surface area (Å²) in [6, 6.07) is 7.46. The number of aryl methyl sites for hydroxylation is 1. The molecule has 0 atom stereocenters. The Morgan fingerprint density at radius 1 is 1.20 bits per heavy atom. The standard InChI is InChI=1S/C21H19NO8/c1-13-3-5-15(11-16(13)22(25)26)17(23)12-30-20(24)6-4-14-9-18(27-2)21-19(10-14)28-7-8-29-21/h3-6,9-11H,7-8,12H2,1-2H3/b6-4+. The van der Waals surface area contributed by atoms with Crippen molar-refractivity contribution in [3.8, 4) is 17.2 Å². The minimum absolute atomic E-state index is 0.0978. The van der Waals surface area contributed by atoms with E-state index in [-0.39, 0.29) is 11.3 Å². The van der Waals surface area contributed by atoms with E-state index in [0.29, 0.717) is 41.6 Å². The van der Waals surface area contributed by atoms with Crippen molar-refractivity contribution >= 4 is 23.5 Å². The first kappa shape index (κ1) is 20.8. The van der Waals surface area contributed by atoms with E-state index in [1.165, 1.54) is 31.4 Å². The zero-order valence-electron chi connectivity index (χ0n) is 16.4. The Labute approximate surface area is 172 Å². The Morgan fingerprint density at radius 3 is 2.70 bits per heavy atom. The lowest BCUT2D eigenvalue weighted by atomic mass is 10.1. The van der Waals surface area contributed by atoms with E-state index in [9.17, 15) is 19.7 Å². The van der Waals surface area contributed by atoms with Crippen LogP contribution in [0.4, 0.5) is 5.69 Å². The van der Waals surface area contributed by atoms with Gasteiger partial charge in [-0.2, -0.15) is 0 Å². The highest BCUT2D eigenvalue weighted by atomic mass is 16.6. The number of nitro groups is 1. The van der Waals surface area contributed by atoms with Gasteiger partial charge in [0, 0.05) is 23.3 Å². The van der Waals surface area contributed by atoms with Gasteiger partial charge in [0.25, 0.3) is 5.69 Å². The average Bonchev–Trinajstić information content (AvgIpc) is 2.75. The predicted molar refractivity (Wildman–Crippen MR) is 106 cm³/mol. The van der Waals surface area contributed by atoms with Crippen molar-refractivity contribution in [1.29, 1.82) is 0 Å². The number of hydrogen-bond donors (Lipinski definition) is 0. The molecule has 0 fully saturated rings. The second-order valence-electron chi connectivity index (χ2n) is 6.37. The maximum absolute atomic E-state index is 12.2. The minimum atomic E-state index is -0.737. The van der Waals surface area contributed by atoms with Gasteiger partial charge in [0.05, 0.1) is 12.0 Å². The van der Waals surface area contributed by atoms with Crippen LogP contribution in [0.15, 0.2) is 36.4 Å². The molecular formula is C21H19NO8. The van der Waals surface area contributed by atoms with Crippen LogP contribution in [-0.2, 0) is 9.53 Å². The van der Waals surface area contributed by atoms with Gasteiger partial charge in [-0.15, -0.1) is 0 Å². The fourth-order valence-corrected chi connectivity index (χ4v) is 2.80. The number of rotatable bonds is 7. The molecule has 0 unspecified atom stereocenters. The number of benzene rings is 2. The summed E-state index contributed by atoms with van der Waals surface area (Å²) in [6.45, 7) is 1.87. The number of methoxy groups -OCH3 is 1. The largest absolute Gasteiger partial charge is 0.493 e. The molecule has 30 heavy (non-hydrogen) atoms. The van der Waals surface area contributed by atoms with Crippen LogP contribution in [0.3, 0.4) is 0 Å². The number of nitrogens with zero attached hydrogens (tertiary/aromatic N) is 1. The predicted octanol–water partition coefficient (Wildman–Crippen LogP) is 3.12. The normalized spacial score (nSPS) is 12.5. The van der Waals surface area contributed by atoms with Gasteiger partial charge in [-0.25, -0.2) is 4.79 Å². The number of esters is 1. The van der Waals surface area contributed by atoms with E-state index in [1.807, 2.05) is 0 Å². The molecule has 1 heterocycles. The summed E-state index contributed by atoms with van der Waals surface area (Å²) < 4.78 is 21.3. The van der Waals surface area contributed by atoms with E-state index in [2.05, 4.69) is 0 Å². The van der Waals surface area contributed by atoms with E-state index in [4.69, 9.17) is 18.9 Å². The number of carbonyl (C=O) groups is 2. The third kappa shape index (κ3) is 4.75. The van der Waals surface area contributed by atoms with Crippen molar-refractivity contribution in [2.45, 2.75) is 6.92 Å². The molecule has 0 aliphatic carbocycles. The van der Waals surface area contributed by atoms with Crippen LogP contribution in [0.1, 0.15) is 21.5 Å². The van der Waals surface area contributed by atoms with E-state index in [1.54, 1.807) is 19.1 Å². The van der Waals surface area contributed by atoms with Crippen molar-refractivity contribution in [1.82, 2.24) is 0 Å². The van der Waals surface area contributed by atoms with Crippen molar-refractivity contribution < 1.29 is 33.5 Å². The fraction of sp³-hybridized carbons (Fsp3) is 0.238. The first-order chi connectivity index (χ1) is 14.4. The molecular weight excluding hydrogens is 394 g/mol. The van der Waals surface area contributed by atoms with Crippen molar-refractivity contribution in [3.05, 3.63) is 63.2 Å². The number of ether oxygens (including phenoxy) is 4. The molecule has 3 rings (SSSR count). The topological polar surface area (TPSA) is 114 Å². The molecule has 0 amide bonds. The van der Waals surface area contributed by atoms with Gasteiger partial charge in [-0.05, 0) is 30.7 Å². The number of fused-ring (bicyclic) bond motifs is 1. The Bertz CT molecular complexity index is 1010. The van der Waals surface area contributed by atoms with Crippen LogP contribution in [-0.4, -0.2) is 43.6 Å². The van der Waals surface area contributed by atoms with Crippen molar-refractivity contribution in [2.24, 2.45) is 0 Å². The lowest BCUT2D eigenvalue weighted by molar-refractivity contribution is -0.385. The summed E-state index contributed by atoms with van der Waals surface area (Å²) in [4.78, 5) is 34.6. The molecule has 0 aromatic heterocycles. The van der Waals surface area contributed by atoms with Crippen LogP contribution in [0.25, 0.3) is 6.08 Å². The number of hydrogen-bond acceptors (Lipinski definition) is 8. The average molecular weight is 413 g/mol. The number of carbonyl (C=O) groups excluding carboxylic acids is 2. The molecule has 0 N–H and O–H groups in total. The second-order valence-corrected chi connectivity index (χ2v) is 6.37. The van der Waals surface area contributed by atoms with Gasteiger partial charge >= 0.3 is 5.97 Å². The molecule has 156 valence electrons. The minimum Gasteiger partial charge on any atom is -0.493 e. The molecule has 9 heteroatoms. The van der Waals surface area contributed by atoms with Crippen LogP contribution in [0.2, 0.25) is 0 Å². The Hall–Kier alpha value is -3.88. The first-order valence-electron chi connectivity index (χ1n) is 8.99. The monoisotopic (exact) mass is 413 g/mol. The van der Waals surface area contributed by atoms with Gasteiger partial charge in [0.15, 0.2) is 18.1 Å². The lowest BCUT2D eigenvalue weighted by Crippen LogP contribution is -2.16. The van der Waals surface area contributed by atoms with Crippen LogP contribution in [0, 0.1) is 17.0 Å². The zero-order valence-corrected chi connectivity index (χ0v) is 16.4. The van der Waals surface area contributed by atoms with E-state index >= 15 is 0 Å². The quantitative estimate of drug-likeness (QED) is 0.224. The van der Waals surface area contributed by atoms with Gasteiger partial charge in [0.1, 0.15) is 13.2 Å². The molecule has 2 aromatic carbocycles. The third-order valence-corrected chi connectivity index (χ3v) is 4.34. The summed E-state index contributed by atoms with van der Waals surface area (Å²) in [5.41, 5.74) is 0.986. The highest BCUT2D eigenvalue weighted by molar-refractivity contribution is 5.99. The number of Topliss-reactive ketones (excluding diaryl/α,β-unsaturated/α-hetero) is 1. The Kier molecular flexibility index (Phi) is 6.31. The molecule has 0 bridgehead atoms. The van der Waals surface area contributed by atoms with Gasteiger partial charge in [-0.3, -0.25) is 14.9 Å². The molecule has 9 nitrogen and oxygen atoms in total. The summed E-state index contributed by atoms with van der Waals surface area (Å²) in [7, 11) is 1.50. The first-order valence-corrected chi connectivity index (χ1v) is 8.99. The highest BCUT2D eigenvalue weighted by Crippen LogP contribution is 2.40. The Morgan fingerprint density at radius 2 is 1.97 bits per heavy atom. The summed E-state index contributed by atoms with van der Waals surface area (Å²) in [6.07, 6.45) is 2.65. The number of ketones is 1. The molecule has 0 saturated carbocycles. The summed E-state index contributed by atoms with van der Waals surface area (Å²) in [5.74, 6) is 0.196. The third-order valence-electron chi connectivity index (χ3n) is 4.34. The smallest absolute Gasteiger partial charge is 0.331 e. The van der Waals surface area contributed by atoms with Gasteiger partial charge in [0.2, 0.25) is 11.5 Å². The van der Waals surface area contributed by atoms with Crippen molar-refractivity contribution in [2.75, 3.05) is 26.9 Å². The highest BCUT2D eigenvalue weighted by Gasteiger charge is 2.18. The van der Waals surface area contributed by atoms with Gasteiger partial charge in [-0.1, -0.05) is 12.1 Å². The van der Waals surface area contributed by atoms with Gasteiger partial charge < -0.3 is 18.9 Å². The van der Waals surface area contributed by atoms with Crippen LogP contribution in [0.5, 0.6) is 17.2 Å². The van der Waals surface area contributed by atoms with Crippen LogP contribution >= 0.6 is 0 Å². The summed E-state index contributed by atoms with van der Waals surface area (Å²) >= 11 is 0. The van der Waals surface area contributed by atoms with E-state index < -0.39 is 23.3 Å². The lowest BCUT2D eigenvalue weighted by Gasteiger charge is -2.20. The van der Waals surface area contributed by atoms with Crippen LogP contribution < -0.4 is 14.2 Å². The molecule has 0 spiro atoms. The maximum atomic E-state index is 12.2. The molecule has 0 radical (unpaired) electrons. The fourth-order valence-electron chi connectivity index (χ4n) is 2.80.